The van der Waals surface area contributed by atoms with Crippen LogP contribution < -0.4 is 15.4 Å². The van der Waals surface area contributed by atoms with Crippen molar-refractivity contribution in [3.63, 3.8) is 0 Å². The Hall–Kier alpha value is -3.83. The first-order valence-electron chi connectivity index (χ1n) is 11.5. The number of methoxy groups -OCH3 is 1. The van der Waals surface area contributed by atoms with Gasteiger partial charge in [0.1, 0.15) is 4.83 Å². The van der Waals surface area contributed by atoms with E-state index in [4.69, 9.17) is 4.74 Å². The molecular formula is C25H27N7O3S. The molecule has 0 bridgehead atoms. The molecule has 0 saturated carbocycles. The molecule has 2 N–H and O–H groups in total. The molecule has 0 unspecified atom stereocenters. The SMILES string of the molecule is COc1ncccc1-c1cn2ncc(C(=O)Nc3cc(NC(=O)CN4CC(C)(C)C4)cnc3C)c2s1. The molecule has 10 nitrogen and oxygen atoms in total. The second kappa shape index (κ2) is 9.32. The van der Waals surface area contributed by atoms with Crippen molar-refractivity contribution in [1.29, 1.82) is 0 Å². The second-order valence-electron chi connectivity index (χ2n) is 9.63. The van der Waals surface area contributed by atoms with Crippen molar-refractivity contribution in [2.24, 2.45) is 5.41 Å². The summed E-state index contributed by atoms with van der Waals surface area (Å²) in [6.07, 6.45) is 6.64. The van der Waals surface area contributed by atoms with E-state index >= 15 is 0 Å². The first-order valence-corrected chi connectivity index (χ1v) is 12.3. The maximum Gasteiger partial charge on any atom is 0.260 e. The first kappa shape index (κ1) is 23.9. The Labute approximate surface area is 212 Å². The van der Waals surface area contributed by atoms with Gasteiger partial charge in [-0.15, -0.1) is 11.3 Å². The van der Waals surface area contributed by atoms with Crippen molar-refractivity contribution in [3.05, 3.63) is 54.2 Å². The zero-order valence-electron chi connectivity index (χ0n) is 20.5. The van der Waals surface area contributed by atoms with Crippen molar-refractivity contribution >= 4 is 39.4 Å². The van der Waals surface area contributed by atoms with Crippen LogP contribution in [0.1, 0.15) is 29.9 Å². The average molecular weight is 506 g/mol. The van der Waals surface area contributed by atoms with E-state index in [1.54, 1.807) is 37.0 Å². The molecule has 186 valence electrons. The number of aryl methyl sites for hydroxylation is 1. The Morgan fingerprint density at radius 1 is 1.19 bits per heavy atom. The van der Waals surface area contributed by atoms with Crippen molar-refractivity contribution in [2.75, 3.05) is 37.4 Å². The third-order valence-electron chi connectivity index (χ3n) is 5.96. The number of ether oxygens (including phenoxy) is 1. The molecule has 1 aliphatic heterocycles. The van der Waals surface area contributed by atoms with Gasteiger partial charge in [-0.25, -0.2) is 9.50 Å². The second-order valence-corrected chi connectivity index (χ2v) is 10.7. The van der Waals surface area contributed by atoms with E-state index in [0.29, 0.717) is 39.9 Å². The Morgan fingerprint density at radius 2 is 2.00 bits per heavy atom. The molecular weight excluding hydrogens is 478 g/mol. The molecule has 0 radical (unpaired) electrons. The van der Waals surface area contributed by atoms with Crippen LogP contribution in [0.15, 0.2) is 43.0 Å². The largest absolute Gasteiger partial charge is 0.481 e. The van der Waals surface area contributed by atoms with Gasteiger partial charge >= 0.3 is 0 Å². The smallest absolute Gasteiger partial charge is 0.260 e. The lowest BCUT2D eigenvalue weighted by molar-refractivity contribution is -0.120. The van der Waals surface area contributed by atoms with Crippen LogP contribution in [0.3, 0.4) is 0 Å². The number of aromatic nitrogens is 4. The number of nitrogens with zero attached hydrogens (tertiary/aromatic N) is 5. The van der Waals surface area contributed by atoms with Gasteiger partial charge in [-0.1, -0.05) is 13.8 Å². The molecule has 5 heterocycles. The quantitative estimate of drug-likeness (QED) is 0.394. The zero-order valence-corrected chi connectivity index (χ0v) is 21.3. The monoisotopic (exact) mass is 505 g/mol. The van der Waals surface area contributed by atoms with Crippen LogP contribution >= 0.6 is 11.3 Å². The number of likely N-dealkylation sites (tertiary alicyclic amines) is 1. The minimum absolute atomic E-state index is 0.108. The molecule has 4 aromatic heterocycles. The number of hydrogen-bond acceptors (Lipinski definition) is 8. The van der Waals surface area contributed by atoms with Crippen molar-refractivity contribution in [2.45, 2.75) is 20.8 Å². The molecule has 0 atom stereocenters. The first-order chi connectivity index (χ1) is 17.2. The third kappa shape index (κ3) is 4.79. The van der Waals surface area contributed by atoms with Crippen LogP contribution in [-0.2, 0) is 4.79 Å². The number of hydrogen-bond donors (Lipinski definition) is 2. The van der Waals surface area contributed by atoms with Gasteiger partial charge in [0.2, 0.25) is 11.8 Å². The number of amides is 2. The van der Waals surface area contributed by atoms with E-state index in [2.05, 4.69) is 44.4 Å². The third-order valence-corrected chi connectivity index (χ3v) is 7.11. The zero-order chi connectivity index (χ0) is 25.4. The van der Waals surface area contributed by atoms with Crippen LogP contribution in [0.5, 0.6) is 5.88 Å². The molecule has 1 saturated heterocycles. The lowest BCUT2D eigenvalue weighted by Gasteiger charge is -2.45. The van der Waals surface area contributed by atoms with Crippen molar-refractivity contribution < 1.29 is 14.3 Å². The summed E-state index contributed by atoms with van der Waals surface area (Å²) in [6.45, 7) is 8.28. The van der Waals surface area contributed by atoms with E-state index in [1.807, 2.05) is 18.3 Å². The fourth-order valence-corrected chi connectivity index (χ4v) is 5.48. The molecule has 11 heteroatoms. The van der Waals surface area contributed by atoms with E-state index < -0.39 is 0 Å². The van der Waals surface area contributed by atoms with Crippen molar-refractivity contribution in [3.8, 4) is 16.3 Å². The summed E-state index contributed by atoms with van der Waals surface area (Å²) in [4.78, 5) is 37.9. The molecule has 36 heavy (non-hydrogen) atoms. The summed E-state index contributed by atoms with van der Waals surface area (Å²) in [6, 6.07) is 5.47. The van der Waals surface area contributed by atoms with Crippen LogP contribution in [0, 0.1) is 12.3 Å². The molecule has 5 rings (SSSR count). The summed E-state index contributed by atoms with van der Waals surface area (Å²) < 4.78 is 7.03. The van der Waals surface area contributed by atoms with Crippen LogP contribution in [-0.4, -0.2) is 63.0 Å². The Balaban J connectivity index is 1.31. The van der Waals surface area contributed by atoms with Gasteiger partial charge in [-0.05, 0) is 30.5 Å². The summed E-state index contributed by atoms with van der Waals surface area (Å²) >= 11 is 1.42. The molecule has 1 aliphatic rings. The number of pyridine rings is 2. The fraction of sp³-hybridized carbons (Fsp3) is 0.320. The summed E-state index contributed by atoms with van der Waals surface area (Å²) in [5, 5.41) is 10.1. The molecule has 0 spiro atoms. The summed E-state index contributed by atoms with van der Waals surface area (Å²) in [5.74, 6) is 0.0860. The number of anilines is 2. The van der Waals surface area contributed by atoms with Crippen molar-refractivity contribution in [1.82, 2.24) is 24.5 Å². The van der Waals surface area contributed by atoms with Gasteiger partial charge in [0.15, 0.2) is 0 Å². The fourth-order valence-electron chi connectivity index (χ4n) is 4.40. The van der Waals surface area contributed by atoms with E-state index in [-0.39, 0.29) is 17.2 Å². The lowest BCUT2D eigenvalue weighted by atomic mass is 9.84. The van der Waals surface area contributed by atoms with Gasteiger partial charge in [0, 0.05) is 25.5 Å². The standard InChI is InChI=1S/C25H27N7O3S/c1-15-19(8-16(9-27-15)29-21(33)12-31-13-25(2,3)14-31)30-22(34)18-10-28-32-11-20(36-24(18)32)17-6-5-7-26-23(17)35-4/h5-11H,12-14H2,1-4H3,(H,29,33)(H,30,34). The molecule has 1 fully saturated rings. The number of nitrogens with one attached hydrogen (secondary N) is 2. The van der Waals surface area contributed by atoms with E-state index in [9.17, 15) is 9.59 Å². The van der Waals surface area contributed by atoms with Crippen LogP contribution in [0.2, 0.25) is 0 Å². The highest BCUT2D eigenvalue weighted by molar-refractivity contribution is 7.21. The number of fused-ring (bicyclic) bond motifs is 1. The predicted molar refractivity (Wildman–Crippen MR) is 139 cm³/mol. The van der Waals surface area contributed by atoms with Gasteiger partial charge < -0.3 is 15.4 Å². The van der Waals surface area contributed by atoms with E-state index in [1.165, 1.54) is 17.5 Å². The van der Waals surface area contributed by atoms with Gasteiger partial charge in [-0.2, -0.15) is 5.10 Å². The molecule has 4 aromatic rings. The number of carbonyl (C=O) groups excluding carboxylic acids is 2. The van der Waals surface area contributed by atoms with Gasteiger partial charge in [0.05, 0.1) is 59.1 Å². The minimum atomic E-state index is -0.312. The van der Waals surface area contributed by atoms with Gasteiger partial charge in [-0.3, -0.25) is 19.5 Å². The predicted octanol–water partition coefficient (Wildman–Crippen LogP) is 3.70. The molecule has 0 aliphatic carbocycles. The highest BCUT2D eigenvalue weighted by Crippen LogP contribution is 2.35. The maximum atomic E-state index is 13.2. The molecule has 2 amide bonds. The van der Waals surface area contributed by atoms with E-state index in [0.717, 1.165) is 23.5 Å². The van der Waals surface area contributed by atoms with Crippen LogP contribution in [0.4, 0.5) is 11.4 Å². The Morgan fingerprint density at radius 3 is 2.75 bits per heavy atom. The number of thiazole rings is 1. The number of rotatable bonds is 7. The topological polar surface area (TPSA) is 114 Å². The average Bonchev–Trinajstić information content (AvgIpc) is 3.41. The Bertz CT molecular complexity index is 1450. The highest BCUT2D eigenvalue weighted by atomic mass is 32.1. The van der Waals surface area contributed by atoms with Crippen LogP contribution in [0.25, 0.3) is 15.3 Å². The summed E-state index contributed by atoms with van der Waals surface area (Å²) in [5.41, 5.74) is 3.21. The maximum absolute atomic E-state index is 13.2. The summed E-state index contributed by atoms with van der Waals surface area (Å²) in [7, 11) is 1.57. The number of carbonyl (C=O) groups is 2. The normalized spacial score (nSPS) is 14.9. The van der Waals surface area contributed by atoms with Gasteiger partial charge in [0.25, 0.3) is 5.91 Å². The highest BCUT2D eigenvalue weighted by Gasteiger charge is 2.34. The molecule has 0 aromatic carbocycles. The Kier molecular flexibility index (Phi) is 6.19. The lowest BCUT2D eigenvalue weighted by Crippen LogP contribution is -2.54. The minimum Gasteiger partial charge on any atom is -0.481 e.